The van der Waals surface area contributed by atoms with Crippen LogP contribution >= 0.6 is 23.2 Å². The summed E-state index contributed by atoms with van der Waals surface area (Å²) >= 11 is 12.3. The Kier molecular flexibility index (Phi) is 6.73. The Bertz CT molecular complexity index is 1260. The van der Waals surface area contributed by atoms with Crippen LogP contribution in [0.25, 0.3) is 11.0 Å². The van der Waals surface area contributed by atoms with E-state index in [1.165, 1.54) is 12.8 Å². The van der Waals surface area contributed by atoms with Gasteiger partial charge in [0.25, 0.3) is 5.56 Å². The Hall–Kier alpha value is -2.66. The highest BCUT2D eigenvalue weighted by Crippen LogP contribution is 2.30. The molecule has 1 aliphatic carbocycles. The van der Waals surface area contributed by atoms with Crippen LogP contribution in [0.3, 0.4) is 0 Å². The lowest BCUT2D eigenvalue weighted by Gasteiger charge is -2.20. The van der Waals surface area contributed by atoms with Crippen LogP contribution in [0, 0.1) is 5.92 Å². The van der Waals surface area contributed by atoms with Gasteiger partial charge >= 0.3 is 0 Å². The van der Waals surface area contributed by atoms with E-state index in [1.807, 2.05) is 6.07 Å². The number of carbonyl (C=O) groups excluding carboxylic acids is 1. The fourth-order valence-electron chi connectivity index (χ4n) is 3.76. The van der Waals surface area contributed by atoms with Gasteiger partial charge in [-0.3, -0.25) is 9.59 Å². The fraction of sp³-hybridized carbons (Fsp3) is 0.455. The lowest BCUT2D eigenvalue weighted by molar-refractivity contribution is -0.120. The molecule has 0 unspecified atom stereocenters. The molecular weight excluding hydrogens is 483 g/mol. The standard InChI is InChI=1S/C22H24Cl2N6O4/c23-14-7-27-20-13(14)3-12(6-26-20)5-25-18(31)4-15-19(24)30-22(32)21(28-15)29-16-9-33-10-17(16)34-8-11-1-2-11/h3,6-7,11,16-17H,1-2,4-5,8-10H2,(H,25,31)(H,26,27)(H,28,29)(H,30,32)/t16-,17-/m0/s1. The third-order valence-electron chi connectivity index (χ3n) is 5.89. The number of amides is 1. The van der Waals surface area contributed by atoms with Gasteiger partial charge in [0.1, 0.15) is 16.9 Å². The second kappa shape index (κ2) is 9.91. The second-order valence-corrected chi connectivity index (χ2v) is 9.39. The number of ether oxygens (including phenoxy) is 2. The number of pyridine rings is 1. The van der Waals surface area contributed by atoms with Crippen molar-refractivity contribution in [3.05, 3.63) is 50.2 Å². The van der Waals surface area contributed by atoms with E-state index in [4.69, 9.17) is 32.7 Å². The Morgan fingerprint density at radius 1 is 1.29 bits per heavy atom. The molecule has 180 valence electrons. The average molecular weight is 507 g/mol. The van der Waals surface area contributed by atoms with Gasteiger partial charge < -0.3 is 30.1 Å². The Balaban J connectivity index is 1.21. The maximum atomic E-state index is 12.6. The summed E-state index contributed by atoms with van der Waals surface area (Å²) in [6.07, 6.45) is 5.45. The maximum absolute atomic E-state index is 12.6. The van der Waals surface area contributed by atoms with Crippen LogP contribution in [-0.4, -0.2) is 57.8 Å². The third kappa shape index (κ3) is 5.35. The minimum atomic E-state index is -0.468. The third-order valence-corrected chi connectivity index (χ3v) is 6.51. The molecule has 1 saturated heterocycles. The van der Waals surface area contributed by atoms with Crippen LogP contribution in [0.4, 0.5) is 5.82 Å². The summed E-state index contributed by atoms with van der Waals surface area (Å²) in [7, 11) is 0. The number of fused-ring (bicyclic) bond motifs is 1. The molecule has 1 amide bonds. The van der Waals surface area contributed by atoms with Gasteiger partial charge in [0.2, 0.25) is 5.91 Å². The van der Waals surface area contributed by atoms with Gasteiger partial charge in [-0.05, 0) is 30.4 Å². The molecule has 12 heteroatoms. The monoisotopic (exact) mass is 506 g/mol. The number of H-pyrrole nitrogens is 2. The molecule has 3 aromatic rings. The topological polar surface area (TPSA) is 134 Å². The van der Waals surface area contributed by atoms with Crippen LogP contribution in [0.1, 0.15) is 24.1 Å². The molecule has 0 radical (unpaired) electrons. The SMILES string of the molecule is O=C(Cc1nc(N[C@H]2COC[C@@H]2OCC2CC2)c(=O)[nH]c1Cl)NCc1cnc2[nH]cc(Cl)c2c1. The first kappa shape index (κ1) is 23.1. The van der Waals surface area contributed by atoms with E-state index >= 15 is 0 Å². The quantitative estimate of drug-likeness (QED) is 0.350. The zero-order valence-corrected chi connectivity index (χ0v) is 19.7. The van der Waals surface area contributed by atoms with Crippen molar-refractivity contribution in [2.45, 2.75) is 38.0 Å². The van der Waals surface area contributed by atoms with Crippen molar-refractivity contribution < 1.29 is 14.3 Å². The molecule has 3 aromatic heterocycles. The smallest absolute Gasteiger partial charge is 0.291 e. The largest absolute Gasteiger partial charge is 0.376 e. The molecule has 34 heavy (non-hydrogen) atoms. The van der Waals surface area contributed by atoms with Gasteiger partial charge in [-0.2, -0.15) is 0 Å². The molecule has 1 saturated carbocycles. The Morgan fingerprint density at radius 3 is 2.97 bits per heavy atom. The van der Waals surface area contributed by atoms with Gasteiger partial charge in [0.05, 0.1) is 36.4 Å². The van der Waals surface area contributed by atoms with Gasteiger partial charge in [0.15, 0.2) is 5.82 Å². The van der Waals surface area contributed by atoms with E-state index in [-0.39, 0.29) is 47.7 Å². The molecule has 4 N–H and O–H groups in total. The van der Waals surface area contributed by atoms with Gasteiger partial charge in [-0.25, -0.2) is 9.97 Å². The molecule has 1 aliphatic heterocycles. The number of hydrogen-bond acceptors (Lipinski definition) is 7. The molecule has 0 spiro atoms. The highest BCUT2D eigenvalue weighted by Gasteiger charge is 2.32. The van der Waals surface area contributed by atoms with E-state index in [0.29, 0.717) is 36.4 Å². The molecule has 0 bridgehead atoms. The van der Waals surface area contributed by atoms with Crippen LogP contribution in [0.5, 0.6) is 0 Å². The van der Waals surface area contributed by atoms with E-state index < -0.39 is 5.56 Å². The zero-order valence-electron chi connectivity index (χ0n) is 18.2. The number of nitrogens with zero attached hydrogens (tertiary/aromatic N) is 2. The number of nitrogens with one attached hydrogen (secondary N) is 4. The normalized spacial score (nSPS) is 20.1. The predicted molar refractivity (Wildman–Crippen MR) is 127 cm³/mol. The average Bonchev–Trinajstić information content (AvgIpc) is 3.44. The highest BCUT2D eigenvalue weighted by molar-refractivity contribution is 6.35. The highest BCUT2D eigenvalue weighted by atomic mass is 35.5. The summed E-state index contributed by atoms with van der Waals surface area (Å²) in [4.78, 5) is 39.1. The predicted octanol–water partition coefficient (Wildman–Crippen LogP) is 2.42. The zero-order chi connectivity index (χ0) is 23.7. The Labute approximate surface area is 204 Å². The second-order valence-electron chi connectivity index (χ2n) is 8.61. The first-order chi connectivity index (χ1) is 16.5. The summed E-state index contributed by atoms with van der Waals surface area (Å²) in [6.45, 7) is 1.81. The van der Waals surface area contributed by atoms with Crippen LogP contribution < -0.4 is 16.2 Å². The van der Waals surface area contributed by atoms with Gasteiger partial charge in [-0.1, -0.05) is 23.2 Å². The number of carbonyl (C=O) groups is 1. The minimum absolute atomic E-state index is 0.0251. The first-order valence-corrected chi connectivity index (χ1v) is 11.8. The van der Waals surface area contributed by atoms with E-state index in [0.717, 1.165) is 10.9 Å². The molecular formula is C22H24Cl2N6O4. The molecule has 0 aromatic carbocycles. The molecule has 2 aliphatic rings. The molecule has 5 rings (SSSR count). The lowest BCUT2D eigenvalue weighted by atomic mass is 10.2. The minimum Gasteiger partial charge on any atom is -0.376 e. The summed E-state index contributed by atoms with van der Waals surface area (Å²) in [5.41, 5.74) is 1.27. The number of aromatic nitrogens is 4. The summed E-state index contributed by atoms with van der Waals surface area (Å²) in [6, 6.07) is 1.65. The van der Waals surface area contributed by atoms with Gasteiger partial charge in [-0.15, -0.1) is 0 Å². The number of halogens is 2. The molecule has 2 fully saturated rings. The summed E-state index contributed by atoms with van der Waals surface area (Å²) in [5, 5.41) is 7.29. The van der Waals surface area contributed by atoms with Crippen molar-refractivity contribution in [2.75, 3.05) is 25.1 Å². The van der Waals surface area contributed by atoms with Crippen molar-refractivity contribution in [1.29, 1.82) is 0 Å². The molecule has 4 heterocycles. The van der Waals surface area contributed by atoms with Crippen molar-refractivity contribution in [2.24, 2.45) is 5.92 Å². The number of aromatic amines is 2. The van der Waals surface area contributed by atoms with Crippen molar-refractivity contribution in [3.63, 3.8) is 0 Å². The van der Waals surface area contributed by atoms with E-state index in [1.54, 1.807) is 12.4 Å². The number of rotatable bonds is 9. The molecule has 10 nitrogen and oxygen atoms in total. The van der Waals surface area contributed by atoms with Crippen molar-refractivity contribution in [1.82, 2.24) is 25.3 Å². The lowest BCUT2D eigenvalue weighted by Crippen LogP contribution is -2.37. The van der Waals surface area contributed by atoms with Crippen LogP contribution in [0.15, 0.2) is 23.3 Å². The van der Waals surface area contributed by atoms with Gasteiger partial charge in [0, 0.05) is 30.9 Å². The summed E-state index contributed by atoms with van der Waals surface area (Å²) in [5.74, 6) is 0.406. The van der Waals surface area contributed by atoms with E-state index in [2.05, 4.69) is 30.6 Å². The summed E-state index contributed by atoms with van der Waals surface area (Å²) < 4.78 is 11.5. The van der Waals surface area contributed by atoms with Crippen molar-refractivity contribution in [3.8, 4) is 0 Å². The van der Waals surface area contributed by atoms with Crippen LogP contribution in [-0.2, 0) is 27.2 Å². The maximum Gasteiger partial charge on any atom is 0.291 e. The fourth-order valence-corrected chi connectivity index (χ4v) is 4.15. The first-order valence-electron chi connectivity index (χ1n) is 11.1. The van der Waals surface area contributed by atoms with Crippen LogP contribution in [0.2, 0.25) is 10.2 Å². The molecule has 2 atom stereocenters. The van der Waals surface area contributed by atoms with Crippen molar-refractivity contribution >= 4 is 46.0 Å². The number of hydrogen-bond donors (Lipinski definition) is 4. The van der Waals surface area contributed by atoms with E-state index in [9.17, 15) is 9.59 Å². The Morgan fingerprint density at radius 2 is 2.15 bits per heavy atom. The number of anilines is 1.